The summed E-state index contributed by atoms with van der Waals surface area (Å²) in [5.41, 5.74) is -0.467. The van der Waals surface area contributed by atoms with Crippen LogP contribution in [0.15, 0.2) is 29.2 Å². The predicted octanol–water partition coefficient (Wildman–Crippen LogP) is 1.21. The van der Waals surface area contributed by atoms with Gasteiger partial charge in [-0.05, 0) is 18.2 Å². The van der Waals surface area contributed by atoms with Crippen molar-refractivity contribution in [3.05, 3.63) is 51.2 Å². The molecular formula is C10H6ClFN4O2. The summed E-state index contributed by atoms with van der Waals surface area (Å²) in [6, 6.07) is 3.58. The number of amides is 1. The number of carbonyl (C=O) groups excluding carboxylic acids is 1. The van der Waals surface area contributed by atoms with Crippen molar-refractivity contribution in [2.75, 3.05) is 5.32 Å². The van der Waals surface area contributed by atoms with Gasteiger partial charge >= 0.3 is 0 Å². The molecule has 92 valence electrons. The maximum Gasteiger partial charge on any atom is 0.271 e. The number of H-pyrrole nitrogens is 1. The van der Waals surface area contributed by atoms with Crippen LogP contribution in [-0.4, -0.2) is 21.1 Å². The minimum atomic E-state index is -0.711. The molecule has 0 spiro atoms. The standard InChI is InChI=1S/C10H6ClFN4O2/c11-6-2-1-5(3-7(6)12)9(18)15-10-14-8(17)4-13-16-10/h1-4H,(H2,14,15,16,17,18). The van der Waals surface area contributed by atoms with Gasteiger partial charge in [-0.15, -0.1) is 10.2 Å². The maximum atomic E-state index is 13.1. The van der Waals surface area contributed by atoms with Crippen molar-refractivity contribution < 1.29 is 9.18 Å². The monoisotopic (exact) mass is 268 g/mol. The van der Waals surface area contributed by atoms with Crippen LogP contribution < -0.4 is 10.9 Å². The van der Waals surface area contributed by atoms with E-state index in [2.05, 4.69) is 20.5 Å². The Labute approximate surface area is 105 Å². The molecule has 8 heteroatoms. The number of carbonyl (C=O) groups is 1. The first kappa shape index (κ1) is 12.2. The number of rotatable bonds is 2. The number of aromatic amines is 1. The molecule has 0 atom stereocenters. The van der Waals surface area contributed by atoms with Gasteiger partial charge in [-0.25, -0.2) is 4.39 Å². The van der Waals surface area contributed by atoms with E-state index in [0.29, 0.717) is 0 Å². The number of benzene rings is 1. The molecule has 1 amide bonds. The van der Waals surface area contributed by atoms with Crippen LogP contribution in [0.3, 0.4) is 0 Å². The van der Waals surface area contributed by atoms with Crippen molar-refractivity contribution in [3.63, 3.8) is 0 Å². The fourth-order valence-corrected chi connectivity index (χ4v) is 1.30. The van der Waals surface area contributed by atoms with Gasteiger partial charge in [-0.1, -0.05) is 11.6 Å². The lowest BCUT2D eigenvalue weighted by atomic mass is 10.2. The van der Waals surface area contributed by atoms with Gasteiger partial charge in [0, 0.05) is 5.56 Å². The number of nitrogens with one attached hydrogen (secondary N) is 2. The lowest BCUT2D eigenvalue weighted by molar-refractivity contribution is 0.102. The molecular weight excluding hydrogens is 263 g/mol. The normalized spacial score (nSPS) is 10.1. The Kier molecular flexibility index (Phi) is 3.33. The first-order valence-electron chi connectivity index (χ1n) is 4.74. The topological polar surface area (TPSA) is 87.7 Å². The molecule has 2 aromatic rings. The molecule has 0 aliphatic rings. The van der Waals surface area contributed by atoms with Gasteiger partial charge in [0.1, 0.15) is 12.0 Å². The number of anilines is 1. The van der Waals surface area contributed by atoms with E-state index < -0.39 is 17.3 Å². The van der Waals surface area contributed by atoms with Gasteiger partial charge in [0.15, 0.2) is 0 Å². The van der Waals surface area contributed by atoms with Gasteiger partial charge in [0.25, 0.3) is 11.5 Å². The first-order valence-corrected chi connectivity index (χ1v) is 5.12. The Balaban J connectivity index is 2.22. The van der Waals surface area contributed by atoms with Gasteiger partial charge in [0.05, 0.1) is 5.02 Å². The Morgan fingerprint density at radius 2 is 2.22 bits per heavy atom. The highest BCUT2D eigenvalue weighted by molar-refractivity contribution is 6.30. The molecule has 2 N–H and O–H groups in total. The van der Waals surface area contributed by atoms with Crippen molar-refractivity contribution in [2.24, 2.45) is 0 Å². The number of nitrogens with zero attached hydrogens (tertiary/aromatic N) is 2. The molecule has 1 aromatic heterocycles. The second-order valence-electron chi connectivity index (χ2n) is 3.27. The Bertz CT molecular complexity index is 658. The van der Waals surface area contributed by atoms with Crippen molar-refractivity contribution >= 4 is 23.5 Å². The van der Waals surface area contributed by atoms with E-state index >= 15 is 0 Å². The fraction of sp³-hybridized carbons (Fsp3) is 0. The molecule has 18 heavy (non-hydrogen) atoms. The van der Waals surface area contributed by atoms with E-state index in [9.17, 15) is 14.0 Å². The van der Waals surface area contributed by atoms with E-state index in [1.54, 1.807) is 0 Å². The highest BCUT2D eigenvalue weighted by atomic mass is 35.5. The minimum absolute atomic E-state index is 0.0448. The number of hydrogen-bond acceptors (Lipinski definition) is 4. The van der Waals surface area contributed by atoms with E-state index in [0.717, 1.165) is 12.3 Å². The van der Waals surface area contributed by atoms with Gasteiger partial charge in [-0.3, -0.25) is 19.9 Å². The number of hydrogen-bond donors (Lipinski definition) is 2. The summed E-state index contributed by atoms with van der Waals surface area (Å²) in [6.45, 7) is 0. The Hall–Kier alpha value is -2.28. The molecule has 0 bridgehead atoms. The Morgan fingerprint density at radius 1 is 1.44 bits per heavy atom. The van der Waals surface area contributed by atoms with Crippen LogP contribution in [0.2, 0.25) is 5.02 Å². The van der Waals surface area contributed by atoms with Crippen LogP contribution in [0, 0.1) is 5.82 Å². The highest BCUT2D eigenvalue weighted by Crippen LogP contribution is 2.15. The van der Waals surface area contributed by atoms with Crippen LogP contribution >= 0.6 is 11.6 Å². The van der Waals surface area contributed by atoms with Crippen LogP contribution in [0.1, 0.15) is 10.4 Å². The average molecular weight is 269 g/mol. The molecule has 0 saturated heterocycles. The molecule has 0 aliphatic heterocycles. The zero-order valence-electron chi connectivity index (χ0n) is 8.78. The molecule has 2 rings (SSSR count). The van der Waals surface area contributed by atoms with Crippen molar-refractivity contribution in [3.8, 4) is 0 Å². The van der Waals surface area contributed by atoms with Crippen LogP contribution in [-0.2, 0) is 0 Å². The second kappa shape index (κ2) is 4.92. The van der Waals surface area contributed by atoms with Crippen LogP contribution in [0.4, 0.5) is 10.3 Å². The van der Waals surface area contributed by atoms with Gasteiger partial charge in [0.2, 0.25) is 5.95 Å². The van der Waals surface area contributed by atoms with E-state index in [1.165, 1.54) is 12.1 Å². The van der Waals surface area contributed by atoms with Crippen molar-refractivity contribution in [1.29, 1.82) is 0 Å². The predicted molar refractivity (Wildman–Crippen MR) is 62.0 cm³/mol. The number of halogens is 2. The average Bonchev–Trinajstić information content (AvgIpc) is 2.32. The summed E-state index contributed by atoms with van der Waals surface area (Å²) in [7, 11) is 0. The lowest BCUT2D eigenvalue weighted by Gasteiger charge is -2.03. The van der Waals surface area contributed by atoms with E-state index in [1.807, 2.05) is 0 Å². The highest BCUT2D eigenvalue weighted by Gasteiger charge is 2.10. The molecule has 0 aliphatic carbocycles. The van der Waals surface area contributed by atoms with Crippen molar-refractivity contribution in [2.45, 2.75) is 0 Å². The maximum absolute atomic E-state index is 13.1. The summed E-state index contributed by atoms with van der Waals surface area (Å²) in [4.78, 5) is 24.9. The molecule has 1 heterocycles. The summed E-state index contributed by atoms with van der Waals surface area (Å²) in [6.07, 6.45) is 0.956. The fourth-order valence-electron chi connectivity index (χ4n) is 1.19. The summed E-state index contributed by atoms with van der Waals surface area (Å²) in [5, 5.41) is 9.03. The molecule has 1 aromatic carbocycles. The van der Waals surface area contributed by atoms with Crippen LogP contribution in [0.5, 0.6) is 0 Å². The minimum Gasteiger partial charge on any atom is -0.291 e. The summed E-state index contributed by atoms with van der Waals surface area (Å²) < 4.78 is 13.1. The molecule has 0 fully saturated rings. The third kappa shape index (κ3) is 2.69. The first-order chi connectivity index (χ1) is 8.56. The summed E-state index contributed by atoms with van der Waals surface area (Å²) in [5.74, 6) is -1.47. The second-order valence-corrected chi connectivity index (χ2v) is 3.67. The zero-order chi connectivity index (χ0) is 13.1. The summed E-state index contributed by atoms with van der Waals surface area (Å²) >= 11 is 5.49. The lowest BCUT2D eigenvalue weighted by Crippen LogP contribution is -2.18. The van der Waals surface area contributed by atoms with Crippen molar-refractivity contribution in [1.82, 2.24) is 15.2 Å². The SMILES string of the molecule is O=C(Nc1nncc(=O)[nH]1)c1ccc(Cl)c(F)c1. The molecule has 0 radical (unpaired) electrons. The Morgan fingerprint density at radius 3 is 2.89 bits per heavy atom. The van der Waals surface area contributed by atoms with Crippen LogP contribution in [0.25, 0.3) is 0 Å². The van der Waals surface area contributed by atoms with E-state index in [-0.39, 0.29) is 16.5 Å². The molecule has 0 saturated carbocycles. The smallest absolute Gasteiger partial charge is 0.271 e. The third-order valence-corrected chi connectivity index (χ3v) is 2.29. The third-order valence-electron chi connectivity index (χ3n) is 1.99. The van der Waals surface area contributed by atoms with Gasteiger partial charge in [-0.2, -0.15) is 0 Å². The number of aromatic nitrogens is 3. The quantitative estimate of drug-likeness (QED) is 0.857. The zero-order valence-corrected chi connectivity index (χ0v) is 9.53. The van der Waals surface area contributed by atoms with Gasteiger partial charge < -0.3 is 0 Å². The largest absolute Gasteiger partial charge is 0.291 e. The van der Waals surface area contributed by atoms with E-state index in [4.69, 9.17) is 11.6 Å². The molecule has 0 unspecified atom stereocenters. The molecule has 6 nitrogen and oxygen atoms in total.